The van der Waals surface area contributed by atoms with Crippen LogP contribution in [0.5, 0.6) is 0 Å². The van der Waals surface area contributed by atoms with E-state index in [1.807, 2.05) is 12.2 Å². The first kappa shape index (κ1) is 6.52. The molecule has 50 valence electrons. The van der Waals surface area contributed by atoms with E-state index in [2.05, 4.69) is 6.08 Å². The molecule has 0 amide bonds. The van der Waals surface area contributed by atoms with E-state index >= 15 is 0 Å². The Hall–Kier alpha value is -0.600. The van der Waals surface area contributed by atoms with E-state index in [0.717, 1.165) is 6.42 Å². The van der Waals surface area contributed by atoms with E-state index in [1.54, 1.807) is 0 Å². The summed E-state index contributed by atoms with van der Waals surface area (Å²) in [5.41, 5.74) is 12.2. The molecular formula is C7H12N2. The average molecular weight is 124 g/mol. The molecule has 1 unspecified atom stereocenters. The average Bonchev–Trinajstić information content (AvgIpc) is 1.90. The van der Waals surface area contributed by atoms with Crippen molar-refractivity contribution in [3.8, 4) is 0 Å². The highest BCUT2D eigenvalue weighted by atomic mass is 14.6. The van der Waals surface area contributed by atoms with Gasteiger partial charge in [0.1, 0.15) is 0 Å². The van der Waals surface area contributed by atoms with Gasteiger partial charge in [-0.3, -0.25) is 0 Å². The molecular weight excluding hydrogens is 112 g/mol. The van der Waals surface area contributed by atoms with Crippen LogP contribution >= 0.6 is 0 Å². The van der Waals surface area contributed by atoms with Crippen LogP contribution in [0.3, 0.4) is 0 Å². The van der Waals surface area contributed by atoms with Crippen molar-refractivity contribution in [2.75, 3.05) is 6.54 Å². The van der Waals surface area contributed by atoms with Crippen LogP contribution in [0.25, 0.3) is 0 Å². The van der Waals surface area contributed by atoms with Crippen molar-refractivity contribution >= 4 is 0 Å². The molecule has 2 nitrogen and oxygen atoms in total. The molecule has 0 aromatic heterocycles. The maximum Gasteiger partial charge on any atom is 0.0262 e. The van der Waals surface area contributed by atoms with Crippen molar-refractivity contribution < 1.29 is 0 Å². The minimum absolute atomic E-state index is 0.209. The molecule has 0 aromatic rings. The molecule has 9 heavy (non-hydrogen) atoms. The lowest BCUT2D eigenvalue weighted by molar-refractivity contribution is 0.814. The fourth-order valence-electron chi connectivity index (χ4n) is 0.833. The molecule has 0 saturated heterocycles. The molecule has 0 spiro atoms. The Morgan fingerprint density at radius 1 is 1.67 bits per heavy atom. The van der Waals surface area contributed by atoms with Gasteiger partial charge in [-0.1, -0.05) is 18.2 Å². The Morgan fingerprint density at radius 3 is 2.89 bits per heavy atom. The first-order chi connectivity index (χ1) is 4.33. The van der Waals surface area contributed by atoms with E-state index in [-0.39, 0.29) is 6.04 Å². The Balaban J connectivity index is 2.52. The summed E-state index contributed by atoms with van der Waals surface area (Å²) in [6.45, 7) is 0.628. The Bertz CT molecular complexity index is 147. The molecule has 1 atom stereocenters. The van der Waals surface area contributed by atoms with Crippen LogP contribution in [0.4, 0.5) is 0 Å². The number of hydrogen-bond donors (Lipinski definition) is 2. The quantitative estimate of drug-likeness (QED) is 0.523. The molecule has 0 aromatic carbocycles. The standard InChI is InChI=1S/C7H12N2/c8-5-6-1-3-7(9)4-2-6/h1-3,7H,4-5,8-9H2. The molecule has 0 heterocycles. The maximum absolute atomic E-state index is 5.58. The number of rotatable bonds is 1. The Kier molecular flexibility index (Phi) is 2.03. The predicted molar refractivity (Wildman–Crippen MR) is 38.9 cm³/mol. The summed E-state index contributed by atoms with van der Waals surface area (Å²) in [5, 5.41) is 0. The van der Waals surface area contributed by atoms with Crippen molar-refractivity contribution in [3.05, 3.63) is 23.8 Å². The summed E-state index contributed by atoms with van der Waals surface area (Å²) in [7, 11) is 0. The lowest BCUT2D eigenvalue weighted by Gasteiger charge is -2.09. The van der Waals surface area contributed by atoms with Gasteiger partial charge in [0.05, 0.1) is 0 Å². The molecule has 1 aliphatic rings. The molecule has 0 radical (unpaired) electrons. The van der Waals surface area contributed by atoms with Gasteiger partial charge in [-0.05, 0) is 12.0 Å². The minimum atomic E-state index is 0.209. The topological polar surface area (TPSA) is 52.0 Å². The van der Waals surface area contributed by atoms with E-state index < -0.39 is 0 Å². The third-order valence-corrected chi connectivity index (χ3v) is 1.45. The lowest BCUT2D eigenvalue weighted by Crippen LogP contribution is -2.18. The van der Waals surface area contributed by atoms with E-state index in [1.165, 1.54) is 5.57 Å². The largest absolute Gasteiger partial charge is 0.327 e. The highest BCUT2D eigenvalue weighted by molar-refractivity contribution is 5.25. The van der Waals surface area contributed by atoms with E-state index in [4.69, 9.17) is 11.5 Å². The number of hydrogen-bond acceptors (Lipinski definition) is 2. The third kappa shape index (κ3) is 1.66. The summed E-state index contributed by atoms with van der Waals surface area (Å²) in [6, 6.07) is 0.209. The van der Waals surface area contributed by atoms with Crippen LogP contribution < -0.4 is 11.5 Å². The Labute approximate surface area is 55.2 Å². The zero-order chi connectivity index (χ0) is 6.69. The van der Waals surface area contributed by atoms with Crippen LogP contribution in [0.15, 0.2) is 23.8 Å². The molecule has 2 heteroatoms. The van der Waals surface area contributed by atoms with Gasteiger partial charge in [-0.2, -0.15) is 0 Å². The summed E-state index contributed by atoms with van der Waals surface area (Å²) in [6.07, 6.45) is 7.00. The molecule has 0 saturated carbocycles. The van der Waals surface area contributed by atoms with Gasteiger partial charge in [0.15, 0.2) is 0 Å². The van der Waals surface area contributed by atoms with Crippen molar-refractivity contribution in [2.24, 2.45) is 11.5 Å². The zero-order valence-electron chi connectivity index (χ0n) is 5.38. The van der Waals surface area contributed by atoms with Crippen LogP contribution in [-0.2, 0) is 0 Å². The van der Waals surface area contributed by atoms with E-state index in [0.29, 0.717) is 6.54 Å². The SMILES string of the molecule is NCC1=CCC(N)C=C1. The second-order valence-electron chi connectivity index (χ2n) is 2.24. The summed E-state index contributed by atoms with van der Waals surface area (Å²) < 4.78 is 0. The second-order valence-corrected chi connectivity index (χ2v) is 2.24. The normalized spacial score (nSPS) is 26.0. The first-order valence-electron chi connectivity index (χ1n) is 3.16. The van der Waals surface area contributed by atoms with Crippen molar-refractivity contribution in [2.45, 2.75) is 12.5 Å². The Morgan fingerprint density at radius 2 is 2.44 bits per heavy atom. The first-order valence-corrected chi connectivity index (χ1v) is 3.16. The summed E-state index contributed by atoms with van der Waals surface area (Å²) >= 11 is 0. The maximum atomic E-state index is 5.58. The van der Waals surface area contributed by atoms with Gasteiger partial charge in [0, 0.05) is 12.6 Å². The fraction of sp³-hybridized carbons (Fsp3) is 0.429. The molecule has 1 aliphatic carbocycles. The van der Waals surface area contributed by atoms with Gasteiger partial charge >= 0.3 is 0 Å². The monoisotopic (exact) mass is 124 g/mol. The number of nitrogens with two attached hydrogens (primary N) is 2. The van der Waals surface area contributed by atoms with Crippen molar-refractivity contribution in [3.63, 3.8) is 0 Å². The zero-order valence-corrected chi connectivity index (χ0v) is 5.38. The van der Waals surface area contributed by atoms with Gasteiger partial charge in [-0.25, -0.2) is 0 Å². The highest BCUT2D eigenvalue weighted by Crippen LogP contribution is 2.06. The van der Waals surface area contributed by atoms with Crippen molar-refractivity contribution in [1.29, 1.82) is 0 Å². The molecule has 0 aliphatic heterocycles. The van der Waals surface area contributed by atoms with Crippen LogP contribution in [-0.4, -0.2) is 12.6 Å². The smallest absolute Gasteiger partial charge is 0.0262 e. The van der Waals surface area contributed by atoms with Gasteiger partial charge in [0.25, 0.3) is 0 Å². The van der Waals surface area contributed by atoms with E-state index in [9.17, 15) is 0 Å². The van der Waals surface area contributed by atoms with Gasteiger partial charge in [-0.15, -0.1) is 0 Å². The van der Waals surface area contributed by atoms with Crippen molar-refractivity contribution in [1.82, 2.24) is 0 Å². The van der Waals surface area contributed by atoms with Crippen LogP contribution in [0.1, 0.15) is 6.42 Å². The van der Waals surface area contributed by atoms with Crippen LogP contribution in [0, 0.1) is 0 Å². The fourth-order valence-corrected chi connectivity index (χ4v) is 0.833. The molecule has 0 bridgehead atoms. The molecule has 1 rings (SSSR count). The molecule has 4 N–H and O–H groups in total. The minimum Gasteiger partial charge on any atom is -0.327 e. The predicted octanol–water partition coefficient (Wildman–Crippen LogP) is 0.159. The van der Waals surface area contributed by atoms with Crippen LogP contribution in [0.2, 0.25) is 0 Å². The summed E-state index contributed by atoms with van der Waals surface area (Å²) in [4.78, 5) is 0. The van der Waals surface area contributed by atoms with Gasteiger partial charge < -0.3 is 11.5 Å². The summed E-state index contributed by atoms with van der Waals surface area (Å²) in [5.74, 6) is 0. The lowest BCUT2D eigenvalue weighted by atomic mass is 10.0. The highest BCUT2D eigenvalue weighted by Gasteiger charge is 2.00. The second kappa shape index (κ2) is 2.80. The molecule has 0 fully saturated rings. The third-order valence-electron chi connectivity index (χ3n) is 1.45. The van der Waals surface area contributed by atoms with Gasteiger partial charge in [0.2, 0.25) is 0 Å².